The predicted octanol–water partition coefficient (Wildman–Crippen LogP) is 14.1. The van der Waals surface area contributed by atoms with Crippen molar-refractivity contribution in [2.45, 2.75) is 66.1 Å². The third-order valence-electron chi connectivity index (χ3n) is 14.1. The lowest BCUT2D eigenvalue weighted by Gasteiger charge is -2.20. The van der Waals surface area contributed by atoms with Gasteiger partial charge in [-0.15, -0.1) is 0 Å². The minimum atomic E-state index is -0.663. The van der Waals surface area contributed by atoms with E-state index in [1.165, 1.54) is 12.1 Å². The lowest BCUT2D eigenvalue weighted by atomic mass is 9.99. The van der Waals surface area contributed by atoms with Crippen molar-refractivity contribution in [2.24, 2.45) is 0 Å². The number of rotatable bonds is 19. The molecule has 4 heterocycles. The average Bonchev–Trinajstić information content (AvgIpc) is 1.95. The Labute approximate surface area is 496 Å². The minimum absolute atomic E-state index is 0.0277. The second-order valence-corrected chi connectivity index (χ2v) is 20.1. The van der Waals surface area contributed by atoms with Gasteiger partial charge in [-0.1, -0.05) is 188 Å². The van der Waals surface area contributed by atoms with Crippen molar-refractivity contribution in [3.63, 3.8) is 0 Å². The van der Waals surface area contributed by atoms with Crippen LogP contribution >= 0.6 is 0 Å². The lowest BCUT2D eigenvalue weighted by Crippen LogP contribution is -2.15. The van der Waals surface area contributed by atoms with Gasteiger partial charge < -0.3 is 43.6 Å². The molecule has 0 aliphatic carbocycles. The molecule has 0 unspecified atom stereocenters. The SMILES string of the molecule is Nc1ccc2c(c1)COCc1c-2nc(OCc2ccccc2)c(C(=O)OCc2ccccc2)c1OCc1ccccc1.O=C(OCc1ccccc1)c1c(OCc2ccccc2)nc2c(c1OCc1ccccc1)COCc1cc([N+](=O)[O-])ccc1-2. The maximum atomic E-state index is 13.9. The number of fused-ring (bicyclic) bond motifs is 6. The molecule has 12 rings (SSSR count). The molecule has 0 bridgehead atoms. The fourth-order valence-corrected chi connectivity index (χ4v) is 9.80. The average molecular weight is 1150 g/mol. The highest BCUT2D eigenvalue weighted by Gasteiger charge is 2.34. The normalized spacial score (nSPS) is 12.0. The molecule has 0 radical (unpaired) electrons. The smallest absolute Gasteiger partial charge is 0.347 e. The fourth-order valence-electron chi connectivity index (χ4n) is 9.80. The number of non-ortho nitro benzene ring substituents is 1. The van der Waals surface area contributed by atoms with Gasteiger partial charge in [-0.05, 0) is 62.7 Å². The van der Waals surface area contributed by atoms with Gasteiger partial charge in [-0.25, -0.2) is 19.6 Å². The van der Waals surface area contributed by atoms with Gasteiger partial charge in [0.2, 0.25) is 11.8 Å². The third-order valence-corrected chi connectivity index (χ3v) is 14.1. The van der Waals surface area contributed by atoms with Crippen molar-refractivity contribution in [2.75, 3.05) is 5.73 Å². The Morgan fingerprint density at radius 3 is 1.14 bits per heavy atom. The van der Waals surface area contributed by atoms with E-state index >= 15 is 0 Å². The number of carbonyl (C=O) groups excluding carboxylic acids is 2. The molecule has 16 heteroatoms. The number of nitrogens with zero attached hydrogens (tertiary/aromatic N) is 3. The first kappa shape index (κ1) is 57.2. The Hall–Kier alpha value is -10.7. The second-order valence-electron chi connectivity index (χ2n) is 20.1. The summed E-state index contributed by atoms with van der Waals surface area (Å²) in [5.41, 5.74) is 17.3. The van der Waals surface area contributed by atoms with Gasteiger partial charge in [0.15, 0.2) is 11.1 Å². The van der Waals surface area contributed by atoms with Crippen LogP contribution in [0.25, 0.3) is 22.5 Å². The highest BCUT2D eigenvalue weighted by Crippen LogP contribution is 2.45. The maximum Gasteiger partial charge on any atom is 0.347 e. The second kappa shape index (κ2) is 27.6. The number of anilines is 1. The summed E-state index contributed by atoms with van der Waals surface area (Å²) in [6.07, 6.45) is 0. The molecule has 86 heavy (non-hydrogen) atoms. The van der Waals surface area contributed by atoms with E-state index in [0.29, 0.717) is 51.7 Å². The molecule has 2 aliphatic rings. The summed E-state index contributed by atoms with van der Waals surface area (Å²) in [5.74, 6) is -0.547. The number of pyridine rings is 2. The number of benzene rings is 8. The van der Waals surface area contributed by atoms with Crippen molar-refractivity contribution in [3.8, 4) is 45.8 Å². The van der Waals surface area contributed by atoms with E-state index in [0.717, 1.165) is 44.5 Å². The largest absolute Gasteiger partial charge is 0.487 e. The van der Waals surface area contributed by atoms with Gasteiger partial charge in [0.1, 0.15) is 51.1 Å². The molecule has 0 amide bonds. The van der Waals surface area contributed by atoms with E-state index < -0.39 is 16.9 Å². The summed E-state index contributed by atoms with van der Waals surface area (Å²) in [6.45, 7) is 1.52. The molecule has 16 nitrogen and oxygen atoms in total. The summed E-state index contributed by atoms with van der Waals surface area (Å²) in [6, 6.07) is 67.6. The number of aromatic nitrogens is 2. The summed E-state index contributed by atoms with van der Waals surface area (Å²) >= 11 is 0. The fraction of sp³-hybridized carbons (Fsp3) is 0.143. The minimum Gasteiger partial charge on any atom is -0.487 e. The zero-order valence-electron chi connectivity index (χ0n) is 46.7. The van der Waals surface area contributed by atoms with Gasteiger partial charge in [0, 0.05) is 40.1 Å². The molecule has 0 fully saturated rings. The Morgan fingerprint density at radius 2 is 0.767 bits per heavy atom. The van der Waals surface area contributed by atoms with Crippen LogP contribution in [0, 0.1) is 10.1 Å². The van der Waals surface area contributed by atoms with Gasteiger partial charge >= 0.3 is 11.9 Å². The summed E-state index contributed by atoms with van der Waals surface area (Å²) in [4.78, 5) is 48.6. The molecule has 10 aromatic rings. The number of hydrogen-bond acceptors (Lipinski definition) is 15. The van der Waals surface area contributed by atoms with Gasteiger partial charge in [-0.2, -0.15) is 0 Å². The van der Waals surface area contributed by atoms with E-state index in [9.17, 15) is 19.7 Å². The van der Waals surface area contributed by atoms with Crippen LogP contribution in [0.4, 0.5) is 11.4 Å². The molecule has 8 aromatic carbocycles. The van der Waals surface area contributed by atoms with Crippen molar-refractivity contribution in [1.82, 2.24) is 9.97 Å². The molecule has 2 N–H and O–H groups in total. The quantitative estimate of drug-likeness (QED) is 0.0346. The van der Waals surface area contributed by atoms with Crippen LogP contribution in [0.15, 0.2) is 218 Å². The highest BCUT2D eigenvalue weighted by atomic mass is 16.6. The Kier molecular flexibility index (Phi) is 18.3. The van der Waals surface area contributed by atoms with Crippen molar-refractivity contribution < 1.29 is 52.4 Å². The monoisotopic (exact) mass is 1150 g/mol. The number of nitro groups is 1. The van der Waals surface area contributed by atoms with Crippen LogP contribution in [-0.4, -0.2) is 26.8 Å². The third kappa shape index (κ3) is 14.0. The maximum absolute atomic E-state index is 13.9. The summed E-state index contributed by atoms with van der Waals surface area (Å²) < 4.78 is 49.0. The van der Waals surface area contributed by atoms with Crippen LogP contribution in [0.2, 0.25) is 0 Å². The van der Waals surface area contributed by atoms with Crippen molar-refractivity contribution in [1.29, 1.82) is 0 Å². The zero-order chi connectivity index (χ0) is 59.0. The van der Waals surface area contributed by atoms with Crippen LogP contribution in [0.1, 0.15) is 76.4 Å². The Morgan fingerprint density at radius 1 is 0.430 bits per heavy atom. The van der Waals surface area contributed by atoms with Crippen LogP contribution in [0.3, 0.4) is 0 Å². The van der Waals surface area contributed by atoms with E-state index in [1.54, 1.807) is 6.07 Å². The molecule has 0 spiro atoms. The topological polar surface area (TPSA) is 203 Å². The first-order valence-electron chi connectivity index (χ1n) is 27.8. The number of esters is 2. The van der Waals surface area contributed by atoms with E-state index in [1.807, 2.05) is 200 Å². The van der Waals surface area contributed by atoms with Gasteiger partial charge in [0.05, 0.1) is 42.7 Å². The Bertz CT molecular complexity index is 3970. The molecular weight excluding hydrogens is 1090 g/mol. The molecule has 2 aromatic heterocycles. The number of ether oxygens (including phenoxy) is 8. The van der Waals surface area contributed by atoms with Gasteiger partial charge in [0.25, 0.3) is 5.69 Å². The van der Waals surface area contributed by atoms with E-state index in [4.69, 9.17) is 53.6 Å². The van der Waals surface area contributed by atoms with Gasteiger partial charge in [-0.3, -0.25) is 10.1 Å². The van der Waals surface area contributed by atoms with Crippen molar-refractivity contribution >= 4 is 23.3 Å². The first-order valence-corrected chi connectivity index (χ1v) is 27.8. The van der Waals surface area contributed by atoms with E-state index in [-0.39, 0.29) is 93.8 Å². The standard InChI is InChI=1S/C35H28N2O7.C35H30N2O5/c38-35(44-21-26-14-8-3-9-15-26)31-33(42-19-24-10-4-1-5-11-24)30-23-41-22-27-18-28(37(39)40)16-17-29(27)32(30)36-34(31)43-20-25-12-6-2-7-13-25;36-28-16-17-29-27(18-28)22-39-23-30-32(29)37-34(41-20-25-12-6-2-7-13-25)31(33(30)40-19-24-10-4-1-5-11-24)35(38)42-21-26-14-8-3-9-15-26/h1-18H,19-23H2;1-18H,19-23,36H2. The summed E-state index contributed by atoms with van der Waals surface area (Å²) in [5, 5.41) is 11.5. The van der Waals surface area contributed by atoms with Crippen LogP contribution < -0.4 is 24.7 Å². The summed E-state index contributed by atoms with van der Waals surface area (Å²) in [7, 11) is 0. The van der Waals surface area contributed by atoms with Crippen LogP contribution in [0.5, 0.6) is 23.3 Å². The number of hydrogen-bond donors (Lipinski definition) is 1. The lowest BCUT2D eigenvalue weighted by molar-refractivity contribution is -0.384. The van der Waals surface area contributed by atoms with E-state index in [2.05, 4.69) is 0 Å². The zero-order valence-corrected chi connectivity index (χ0v) is 46.7. The number of nitrogen functional groups attached to an aromatic ring is 1. The van der Waals surface area contributed by atoms with Crippen LogP contribution in [-0.2, 0) is 85.0 Å². The molecule has 430 valence electrons. The number of carbonyl (C=O) groups is 2. The highest BCUT2D eigenvalue weighted by molar-refractivity contribution is 5.98. The molecular formula is C70H58N4O12. The predicted molar refractivity (Wildman–Crippen MR) is 322 cm³/mol. The number of nitrogens with two attached hydrogens (primary N) is 1. The molecule has 0 atom stereocenters. The molecule has 0 saturated carbocycles. The first-order chi connectivity index (χ1) is 42.2. The Balaban J connectivity index is 0.000000179. The van der Waals surface area contributed by atoms with Crippen molar-refractivity contribution in [3.05, 3.63) is 295 Å². The number of nitro benzene ring substituents is 1. The molecule has 2 aliphatic heterocycles. The molecule has 0 saturated heterocycles.